The van der Waals surface area contributed by atoms with Crippen LogP contribution in [0.2, 0.25) is 0 Å². The number of benzene rings is 1. The number of isocyanates is 1. The molecule has 0 unspecified atom stereocenters. The summed E-state index contributed by atoms with van der Waals surface area (Å²) in [7, 11) is 1.41. The first-order valence-electron chi connectivity index (χ1n) is 4.65. The predicted molar refractivity (Wildman–Crippen MR) is 52.0 cm³/mol. The molecule has 0 bridgehead atoms. The number of aliphatic imine (C=N–C) groups is 1. The summed E-state index contributed by atoms with van der Waals surface area (Å²) in [5.41, 5.74) is 0.340. The lowest BCUT2D eigenvalue weighted by Crippen LogP contribution is -2.03. The number of ether oxygens (including phenoxy) is 1. The first-order chi connectivity index (χ1) is 7.22. The molecule has 1 fully saturated rings. The van der Waals surface area contributed by atoms with Gasteiger partial charge in [-0.3, -0.25) is 0 Å². The molecule has 1 aliphatic carbocycles. The minimum Gasteiger partial charge on any atom is -0.494 e. The van der Waals surface area contributed by atoms with Crippen molar-refractivity contribution in [2.24, 2.45) is 4.99 Å². The second-order valence-corrected chi connectivity index (χ2v) is 3.58. The van der Waals surface area contributed by atoms with Crippen LogP contribution in [0.3, 0.4) is 0 Å². The lowest BCUT2D eigenvalue weighted by Gasteiger charge is -2.10. The van der Waals surface area contributed by atoms with Crippen LogP contribution in [0.1, 0.15) is 18.4 Å². The largest absolute Gasteiger partial charge is 0.494 e. The molecule has 1 aliphatic rings. The zero-order valence-corrected chi connectivity index (χ0v) is 8.29. The highest BCUT2D eigenvalue weighted by atomic mass is 19.1. The molecule has 0 aliphatic heterocycles. The average molecular weight is 207 g/mol. The molecule has 15 heavy (non-hydrogen) atoms. The van der Waals surface area contributed by atoms with E-state index in [1.165, 1.54) is 13.2 Å². The van der Waals surface area contributed by atoms with Gasteiger partial charge in [-0.15, -0.1) is 0 Å². The van der Waals surface area contributed by atoms with Crippen LogP contribution >= 0.6 is 0 Å². The van der Waals surface area contributed by atoms with Gasteiger partial charge in [0.05, 0.1) is 12.6 Å². The number of hydrogen-bond donors (Lipinski definition) is 0. The highest BCUT2D eigenvalue weighted by molar-refractivity contribution is 5.43. The Bertz CT molecular complexity index is 434. The normalized spacial score (nSPS) is 16.7. The van der Waals surface area contributed by atoms with Gasteiger partial charge >= 0.3 is 0 Å². The summed E-state index contributed by atoms with van der Waals surface area (Å²) in [6.45, 7) is 0. The Morgan fingerprint density at radius 2 is 2.27 bits per heavy atom. The van der Waals surface area contributed by atoms with Crippen molar-refractivity contribution in [2.45, 2.75) is 18.4 Å². The molecule has 2 rings (SSSR count). The smallest absolute Gasteiger partial charge is 0.235 e. The van der Waals surface area contributed by atoms with Gasteiger partial charge in [0.2, 0.25) is 6.08 Å². The summed E-state index contributed by atoms with van der Waals surface area (Å²) in [5, 5.41) is 0. The van der Waals surface area contributed by atoms with Gasteiger partial charge < -0.3 is 4.74 Å². The minimum atomic E-state index is -0.470. The van der Waals surface area contributed by atoms with Gasteiger partial charge in [0, 0.05) is 0 Å². The first-order valence-corrected chi connectivity index (χ1v) is 4.65. The van der Waals surface area contributed by atoms with Crippen LogP contribution in [0.25, 0.3) is 0 Å². The lowest BCUT2D eigenvalue weighted by atomic mass is 10.1. The highest BCUT2D eigenvalue weighted by Gasteiger charge is 2.45. The minimum absolute atomic E-state index is 0.180. The van der Waals surface area contributed by atoms with E-state index in [2.05, 4.69) is 4.99 Å². The molecule has 0 aromatic heterocycles. The Kier molecular flexibility index (Phi) is 2.29. The molecule has 0 amide bonds. The Labute approximate surface area is 86.6 Å². The Hall–Kier alpha value is -1.67. The summed E-state index contributed by atoms with van der Waals surface area (Å²) in [5.74, 6) is -0.230. The van der Waals surface area contributed by atoms with E-state index in [0.29, 0.717) is 0 Å². The van der Waals surface area contributed by atoms with Crippen molar-refractivity contribution in [3.05, 3.63) is 29.6 Å². The van der Waals surface area contributed by atoms with Crippen molar-refractivity contribution < 1.29 is 13.9 Å². The topological polar surface area (TPSA) is 38.7 Å². The van der Waals surface area contributed by atoms with Gasteiger partial charge in [-0.2, -0.15) is 4.99 Å². The maximum Gasteiger partial charge on any atom is 0.235 e. The molecule has 1 saturated carbocycles. The summed E-state index contributed by atoms with van der Waals surface area (Å²) in [6.07, 6.45) is 3.17. The van der Waals surface area contributed by atoms with Crippen molar-refractivity contribution in [3.63, 3.8) is 0 Å². The molecular formula is C11H10FNO2. The van der Waals surface area contributed by atoms with Gasteiger partial charge in [-0.1, -0.05) is 6.07 Å². The molecule has 0 N–H and O–H groups in total. The first kappa shape index (κ1) is 9.87. The van der Waals surface area contributed by atoms with Gasteiger partial charge in [0.1, 0.15) is 0 Å². The summed E-state index contributed by atoms with van der Waals surface area (Å²) in [4.78, 5) is 14.0. The molecule has 0 heterocycles. The third kappa shape index (κ3) is 1.64. The third-order valence-electron chi connectivity index (χ3n) is 2.67. The quantitative estimate of drug-likeness (QED) is 0.562. The molecule has 0 spiro atoms. The van der Waals surface area contributed by atoms with Crippen LogP contribution in [0.5, 0.6) is 5.75 Å². The molecule has 3 nitrogen and oxygen atoms in total. The molecule has 4 heteroatoms. The Morgan fingerprint density at radius 1 is 1.53 bits per heavy atom. The molecule has 1 aromatic rings. The van der Waals surface area contributed by atoms with Crippen LogP contribution in [0.15, 0.2) is 23.2 Å². The molecule has 78 valence electrons. The SMILES string of the molecule is COc1cc(C2(N=C=O)CC2)ccc1F. The van der Waals surface area contributed by atoms with Crippen molar-refractivity contribution in [1.82, 2.24) is 0 Å². The number of methoxy groups -OCH3 is 1. The van der Waals surface area contributed by atoms with E-state index in [9.17, 15) is 9.18 Å². The molecule has 0 radical (unpaired) electrons. The maximum atomic E-state index is 13.1. The van der Waals surface area contributed by atoms with Crippen LogP contribution in [-0.2, 0) is 10.3 Å². The van der Waals surface area contributed by atoms with E-state index in [1.54, 1.807) is 18.2 Å². The fourth-order valence-corrected chi connectivity index (χ4v) is 1.62. The molecule has 0 atom stereocenters. The monoisotopic (exact) mass is 207 g/mol. The van der Waals surface area contributed by atoms with Crippen molar-refractivity contribution >= 4 is 6.08 Å². The van der Waals surface area contributed by atoms with Crippen molar-refractivity contribution in [3.8, 4) is 5.75 Å². The van der Waals surface area contributed by atoms with Gasteiger partial charge in [-0.05, 0) is 30.5 Å². The third-order valence-corrected chi connectivity index (χ3v) is 2.67. The molecular weight excluding hydrogens is 197 g/mol. The predicted octanol–water partition coefficient (Wildman–Crippen LogP) is 2.16. The summed E-state index contributed by atoms with van der Waals surface area (Å²) in [6, 6.07) is 4.55. The maximum absolute atomic E-state index is 13.1. The van der Waals surface area contributed by atoms with E-state index < -0.39 is 11.4 Å². The van der Waals surface area contributed by atoms with E-state index >= 15 is 0 Å². The van der Waals surface area contributed by atoms with Crippen LogP contribution < -0.4 is 4.74 Å². The van der Waals surface area contributed by atoms with Crippen LogP contribution in [0.4, 0.5) is 4.39 Å². The van der Waals surface area contributed by atoms with Gasteiger partial charge in [0.15, 0.2) is 11.6 Å². The highest BCUT2D eigenvalue weighted by Crippen LogP contribution is 2.49. The van der Waals surface area contributed by atoms with Crippen molar-refractivity contribution in [2.75, 3.05) is 7.11 Å². The second-order valence-electron chi connectivity index (χ2n) is 3.58. The molecule has 1 aromatic carbocycles. The van der Waals surface area contributed by atoms with E-state index in [1.807, 2.05) is 0 Å². The number of hydrogen-bond acceptors (Lipinski definition) is 3. The Morgan fingerprint density at radius 3 is 2.80 bits per heavy atom. The fraction of sp³-hybridized carbons (Fsp3) is 0.364. The zero-order valence-electron chi connectivity index (χ0n) is 8.29. The average Bonchev–Trinajstić information content (AvgIpc) is 3.00. The van der Waals surface area contributed by atoms with Crippen molar-refractivity contribution in [1.29, 1.82) is 0 Å². The molecule has 0 saturated heterocycles. The zero-order chi connectivity index (χ0) is 10.9. The second kappa shape index (κ2) is 3.48. The summed E-state index contributed by atoms with van der Waals surface area (Å²) < 4.78 is 18.0. The van der Waals surface area contributed by atoms with Crippen LogP contribution in [-0.4, -0.2) is 13.2 Å². The van der Waals surface area contributed by atoms with Gasteiger partial charge in [0.25, 0.3) is 0 Å². The standard InChI is InChI=1S/C11H10FNO2/c1-15-10-6-8(2-3-9(10)12)11(4-5-11)13-7-14/h2-3,6H,4-5H2,1H3. The number of carbonyl (C=O) groups excluding carboxylic acids is 1. The fourth-order valence-electron chi connectivity index (χ4n) is 1.62. The van der Waals surface area contributed by atoms with E-state index in [4.69, 9.17) is 4.74 Å². The van der Waals surface area contributed by atoms with Crippen LogP contribution in [0, 0.1) is 5.82 Å². The van der Waals surface area contributed by atoms with E-state index in [0.717, 1.165) is 18.4 Å². The Balaban J connectivity index is 2.41. The number of rotatable bonds is 3. The van der Waals surface area contributed by atoms with Gasteiger partial charge in [-0.25, -0.2) is 9.18 Å². The number of nitrogens with zero attached hydrogens (tertiary/aromatic N) is 1. The lowest BCUT2D eigenvalue weighted by molar-refractivity contribution is 0.385. The summed E-state index contributed by atoms with van der Waals surface area (Å²) >= 11 is 0. The number of halogens is 1. The van der Waals surface area contributed by atoms with E-state index in [-0.39, 0.29) is 5.75 Å².